The van der Waals surface area contributed by atoms with Crippen molar-refractivity contribution in [2.75, 3.05) is 13.2 Å². The molecule has 0 unspecified atom stereocenters. The predicted octanol–water partition coefficient (Wildman–Crippen LogP) is 5.90. The molecule has 2 aromatic carbocycles. The van der Waals surface area contributed by atoms with Gasteiger partial charge in [-0.3, -0.25) is 9.59 Å². The van der Waals surface area contributed by atoms with Gasteiger partial charge in [0.2, 0.25) is 0 Å². The topological polar surface area (TPSA) is 92.6 Å². The van der Waals surface area contributed by atoms with Gasteiger partial charge in [0.25, 0.3) is 11.8 Å². The van der Waals surface area contributed by atoms with Crippen LogP contribution >= 0.6 is 0 Å². The number of hydrogen-bond donors (Lipinski definition) is 1. The van der Waals surface area contributed by atoms with E-state index in [0.29, 0.717) is 17.7 Å². The number of carbonyl (C=O) groups is 2. The van der Waals surface area contributed by atoms with E-state index in [1.807, 2.05) is 31.2 Å². The summed E-state index contributed by atoms with van der Waals surface area (Å²) in [6.45, 7) is 4.42. The van der Waals surface area contributed by atoms with Crippen molar-refractivity contribution in [1.82, 2.24) is 10.3 Å². The van der Waals surface area contributed by atoms with Gasteiger partial charge in [-0.1, -0.05) is 55.7 Å². The molecule has 1 atom stereocenters. The third-order valence-electron chi connectivity index (χ3n) is 6.42. The lowest BCUT2D eigenvalue weighted by Crippen LogP contribution is -2.50. The van der Waals surface area contributed by atoms with Crippen LogP contribution in [0, 0.1) is 0 Å². The summed E-state index contributed by atoms with van der Waals surface area (Å²) in [5.41, 5.74) is 0.812. The lowest BCUT2D eigenvalue weighted by atomic mass is 9.79. The lowest BCUT2D eigenvalue weighted by Gasteiger charge is -2.38. The van der Waals surface area contributed by atoms with Crippen molar-refractivity contribution >= 4 is 17.4 Å². The van der Waals surface area contributed by atoms with Crippen LogP contribution in [-0.2, 0) is 15.1 Å². The second-order valence-corrected chi connectivity index (χ2v) is 9.39. The highest BCUT2D eigenvalue weighted by atomic mass is 19.4. The first kappa shape index (κ1) is 27.2. The zero-order chi connectivity index (χ0) is 27.3. The maximum Gasteiger partial charge on any atom is 0.573 e. The average Bonchev–Trinajstić information content (AvgIpc) is 3.28. The van der Waals surface area contributed by atoms with E-state index in [4.69, 9.17) is 4.74 Å². The fourth-order valence-corrected chi connectivity index (χ4v) is 4.50. The number of amides is 2. The van der Waals surface area contributed by atoms with E-state index in [0.717, 1.165) is 47.7 Å². The van der Waals surface area contributed by atoms with Gasteiger partial charge in [-0.05, 0) is 54.3 Å². The maximum absolute atomic E-state index is 13.4. The van der Waals surface area contributed by atoms with E-state index < -0.39 is 29.5 Å². The van der Waals surface area contributed by atoms with E-state index >= 15 is 0 Å². The number of nitrogens with one attached hydrogen (secondary N) is 1. The summed E-state index contributed by atoms with van der Waals surface area (Å²) >= 11 is 0. The van der Waals surface area contributed by atoms with Crippen LogP contribution in [-0.4, -0.2) is 36.3 Å². The minimum atomic E-state index is -4.83. The molecule has 202 valence electrons. The summed E-state index contributed by atoms with van der Waals surface area (Å²) in [7, 11) is 0. The molecular formula is C27H29F3N4O4. The van der Waals surface area contributed by atoms with E-state index in [2.05, 4.69) is 27.3 Å². The van der Waals surface area contributed by atoms with Gasteiger partial charge in [0.1, 0.15) is 23.7 Å². The van der Waals surface area contributed by atoms with Crippen LogP contribution in [0.25, 0.3) is 5.57 Å². The van der Waals surface area contributed by atoms with Crippen LogP contribution in [0.1, 0.15) is 57.1 Å². The Morgan fingerprint density at radius 1 is 1.00 bits per heavy atom. The van der Waals surface area contributed by atoms with Crippen LogP contribution in [0.3, 0.4) is 0 Å². The van der Waals surface area contributed by atoms with Gasteiger partial charge in [-0.2, -0.15) is 10.1 Å². The molecular weight excluding hydrogens is 501 g/mol. The largest absolute Gasteiger partial charge is 0.573 e. The molecule has 0 bridgehead atoms. The Morgan fingerprint density at radius 2 is 1.68 bits per heavy atom. The molecule has 0 saturated heterocycles. The van der Waals surface area contributed by atoms with Crippen molar-refractivity contribution < 1.29 is 32.2 Å². The molecule has 2 aliphatic heterocycles. The van der Waals surface area contributed by atoms with Crippen LogP contribution in [0.5, 0.6) is 11.5 Å². The molecule has 0 aliphatic carbocycles. The van der Waals surface area contributed by atoms with E-state index in [1.54, 1.807) is 0 Å². The van der Waals surface area contributed by atoms with Gasteiger partial charge >= 0.3 is 6.36 Å². The van der Waals surface area contributed by atoms with Crippen molar-refractivity contribution in [3.8, 4) is 11.5 Å². The van der Waals surface area contributed by atoms with Gasteiger partial charge in [0.05, 0.1) is 12.1 Å². The molecule has 1 N–H and O–H groups in total. The van der Waals surface area contributed by atoms with Gasteiger partial charge < -0.3 is 14.8 Å². The Hall–Kier alpha value is -3.89. The summed E-state index contributed by atoms with van der Waals surface area (Å²) < 4.78 is 47.7. The first-order valence-electron chi connectivity index (χ1n) is 12.5. The molecule has 38 heavy (non-hydrogen) atoms. The number of nitrogens with zero attached hydrogens (tertiary/aromatic N) is 3. The van der Waals surface area contributed by atoms with Crippen molar-refractivity contribution in [3.05, 3.63) is 65.4 Å². The molecule has 11 heteroatoms. The van der Waals surface area contributed by atoms with Crippen LogP contribution in [0.2, 0.25) is 0 Å². The van der Waals surface area contributed by atoms with E-state index in [9.17, 15) is 22.8 Å². The number of carbonyl (C=O) groups excluding carboxylic acids is 2. The summed E-state index contributed by atoms with van der Waals surface area (Å²) in [5, 5.41) is 11.4. The molecule has 2 aliphatic rings. The van der Waals surface area contributed by atoms with Crippen molar-refractivity contribution in [2.45, 2.75) is 57.9 Å². The van der Waals surface area contributed by atoms with Crippen molar-refractivity contribution in [3.63, 3.8) is 0 Å². The average molecular weight is 531 g/mol. The molecule has 0 fully saturated rings. The molecule has 2 aromatic rings. The first-order chi connectivity index (χ1) is 18.1. The number of alkyl halides is 3. The van der Waals surface area contributed by atoms with E-state index in [1.165, 1.54) is 18.6 Å². The van der Waals surface area contributed by atoms with Crippen LogP contribution < -0.4 is 14.8 Å². The van der Waals surface area contributed by atoms with Crippen LogP contribution in [0.4, 0.5) is 13.2 Å². The normalized spacial score (nSPS) is 19.7. The minimum Gasteiger partial charge on any atom is -0.494 e. The standard InChI is InChI=1S/C27H29F3N4O4/c1-3-4-5-6-15-37-20-13-9-19(10-14-20)26(2)16-22(18-7-11-21(12-8-18)38-27(28,29)30)24(25(36)32-26)34-23(35)17-31-33-34/h7-14H,3-6,15-17H2,1-2H3,(H,32,36)/t26-/m0/s1. The highest BCUT2D eigenvalue weighted by Crippen LogP contribution is 2.41. The fourth-order valence-electron chi connectivity index (χ4n) is 4.50. The third kappa shape index (κ3) is 6.32. The Bertz CT molecular complexity index is 1230. The van der Waals surface area contributed by atoms with Crippen molar-refractivity contribution in [1.29, 1.82) is 0 Å². The molecule has 0 aromatic heterocycles. The van der Waals surface area contributed by atoms with Gasteiger partial charge in [-0.25, -0.2) is 0 Å². The highest BCUT2D eigenvalue weighted by Gasteiger charge is 2.42. The lowest BCUT2D eigenvalue weighted by molar-refractivity contribution is -0.274. The second kappa shape index (κ2) is 11.2. The first-order valence-corrected chi connectivity index (χ1v) is 12.5. The van der Waals surface area contributed by atoms with Gasteiger partial charge in [0.15, 0.2) is 0 Å². The molecule has 0 radical (unpaired) electrons. The fraction of sp³-hybridized carbons (Fsp3) is 0.407. The third-order valence-corrected chi connectivity index (χ3v) is 6.42. The van der Waals surface area contributed by atoms with Crippen molar-refractivity contribution in [2.24, 2.45) is 10.3 Å². The molecule has 2 heterocycles. The predicted molar refractivity (Wildman–Crippen MR) is 133 cm³/mol. The van der Waals surface area contributed by atoms with Crippen LogP contribution in [0.15, 0.2) is 64.6 Å². The zero-order valence-corrected chi connectivity index (χ0v) is 21.2. The number of rotatable bonds is 10. The molecule has 4 rings (SSSR count). The number of benzene rings is 2. The SMILES string of the molecule is CCCCCCOc1ccc([C@]2(C)CC(c3ccc(OC(F)(F)F)cc3)=C(N3N=NCC3=O)C(=O)N2)cc1. The summed E-state index contributed by atoms with van der Waals surface area (Å²) in [6, 6.07) is 12.6. The maximum atomic E-state index is 13.4. The summed E-state index contributed by atoms with van der Waals surface area (Å²) in [6.07, 6.45) is -0.191. The van der Waals surface area contributed by atoms with Gasteiger partial charge in [0, 0.05) is 6.42 Å². The highest BCUT2D eigenvalue weighted by molar-refractivity contribution is 6.06. The Morgan fingerprint density at radius 3 is 2.29 bits per heavy atom. The Labute approximate surface area is 218 Å². The molecule has 0 spiro atoms. The quantitative estimate of drug-likeness (QED) is 0.387. The Balaban J connectivity index is 1.62. The smallest absolute Gasteiger partial charge is 0.494 e. The number of halogens is 3. The number of ether oxygens (including phenoxy) is 2. The minimum absolute atomic E-state index is 0.00903. The molecule has 8 nitrogen and oxygen atoms in total. The van der Waals surface area contributed by atoms with Gasteiger partial charge in [-0.15, -0.1) is 13.2 Å². The molecule has 0 saturated carbocycles. The van der Waals surface area contributed by atoms with E-state index in [-0.39, 0.29) is 18.7 Å². The number of hydrogen-bond acceptors (Lipinski definition) is 6. The monoisotopic (exact) mass is 530 g/mol. The Kier molecular flexibility index (Phi) is 8.03. The number of unbranched alkanes of at least 4 members (excludes halogenated alkanes) is 3. The zero-order valence-electron chi connectivity index (χ0n) is 21.2. The second-order valence-electron chi connectivity index (χ2n) is 9.39. The molecule has 2 amide bonds. The summed E-state index contributed by atoms with van der Waals surface area (Å²) in [4.78, 5) is 25.8. The summed E-state index contributed by atoms with van der Waals surface area (Å²) in [5.74, 6) is -0.701.